The largest absolute Gasteiger partial charge is 0.481 e. The van der Waals surface area contributed by atoms with Gasteiger partial charge in [-0.3, -0.25) is 4.79 Å². The summed E-state index contributed by atoms with van der Waals surface area (Å²) in [6, 6.07) is 5.26. The van der Waals surface area contributed by atoms with Gasteiger partial charge in [0.05, 0.1) is 12.5 Å². The Kier molecular flexibility index (Phi) is 2.97. The highest BCUT2D eigenvalue weighted by Crippen LogP contribution is 2.16. The van der Waals surface area contributed by atoms with Crippen molar-refractivity contribution in [2.24, 2.45) is 0 Å². The van der Waals surface area contributed by atoms with Crippen LogP contribution in [0, 0.1) is 5.82 Å². The third kappa shape index (κ3) is 2.83. The lowest BCUT2D eigenvalue weighted by Gasteiger charge is -2.07. The molecule has 3 nitrogen and oxygen atoms in total. The first-order valence-electron chi connectivity index (χ1n) is 3.75. The molecular weight excluding hydrogens is 175 g/mol. The minimum Gasteiger partial charge on any atom is -0.481 e. The fraction of sp³-hybridized carbons (Fsp3) is 0.222. The minimum absolute atomic E-state index is 0.280. The third-order valence-electron chi connectivity index (χ3n) is 1.60. The van der Waals surface area contributed by atoms with Crippen LogP contribution in [0.3, 0.4) is 0 Å². The van der Waals surface area contributed by atoms with Gasteiger partial charge in [-0.1, -0.05) is 12.1 Å². The number of carboxylic acids is 1. The lowest BCUT2D eigenvalue weighted by atomic mass is 10.1. The zero-order valence-electron chi connectivity index (χ0n) is 6.77. The van der Waals surface area contributed by atoms with Crippen LogP contribution in [0.15, 0.2) is 24.3 Å². The summed E-state index contributed by atoms with van der Waals surface area (Å²) in [4.78, 5) is 10.2. The predicted molar refractivity (Wildman–Crippen MR) is 43.6 cm³/mol. The second-order valence-electron chi connectivity index (χ2n) is 2.67. The molecule has 0 saturated heterocycles. The first-order valence-corrected chi connectivity index (χ1v) is 3.75. The van der Waals surface area contributed by atoms with Gasteiger partial charge in [0.1, 0.15) is 5.82 Å². The number of hydrogen-bond donors (Lipinski definition) is 2. The van der Waals surface area contributed by atoms with E-state index in [4.69, 9.17) is 5.11 Å². The Hall–Kier alpha value is -1.42. The van der Waals surface area contributed by atoms with Gasteiger partial charge in [-0.05, 0) is 17.7 Å². The molecule has 0 spiro atoms. The van der Waals surface area contributed by atoms with Crippen LogP contribution in [-0.4, -0.2) is 16.2 Å². The average Bonchev–Trinajstić information content (AvgIpc) is 2.03. The standard InChI is InChI=1S/C9H9FO3/c10-7-3-1-2-6(4-7)8(11)5-9(12)13/h1-4,8,11H,5H2,(H,12,13)/t8-/m0/s1. The number of aliphatic carboxylic acids is 1. The van der Waals surface area contributed by atoms with Gasteiger partial charge in [0.2, 0.25) is 0 Å². The number of aliphatic hydroxyl groups excluding tert-OH is 1. The van der Waals surface area contributed by atoms with Crippen molar-refractivity contribution in [3.63, 3.8) is 0 Å². The molecule has 13 heavy (non-hydrogen) atoms. The molecule has 0 unspecified atom stereocenters. The van der Waals surface area contributed by atoms with Crippen molar-refractivity contribution in [3.8, 4) is 0 Å². The molecular formula is C9H9FO3. The fourth-order valence-electron chi connectivity index (χ4n) is 0.997. The molecule has 2 N–H and O–H groups in total. The maximum absolute atomic E-state index is 12.6. The second-order valence-corrected chi connectivity index (χ2v) is 2.67. The Morgan fingerprint density at radius 2 is 2.23 bits per heavy atom. The zero-order valence-corrected chi connectivity index (χ0v) is 6.77. The summed E-state index contributed by atoms with van der Waals surface area (Å²) < 4.78 is 12.6. The minimum atomic E-state index is -1.15. The van der Waals surface area contributed by atoms with Gasteiger partial charge in [-0.2, -0.15) is 0 Å². The summed E-state index contributed by atoms with van der Waals surface area (Å²) >= 11 is 0. The lowest BCUT2D eigenvalue weighted by Crippen LogP contribution is -2.05. The Morgan fingerprint density at radius 3 is 2.77 bits per heavy atom. The van der Waals surface area contributed by atoms with E-state index in [1.165, 1.54) is 18.2 Å². The monoisotopic (exact) mass is 184 g/mol. The summed E-state index contributed by atoms with van der Waals surface area (Å²) in [5.41, 5.74) is 0.280. The molecule has 0 heterocycles. The van der Waals surface area contributed by atoms with Gasteiger partial charge < -0.3 is 10.2 Å². The molecule has 70 valence electrons. The van der Waals surface area contributed by atoms with E-state index in [1.807, 2.05) is 0 Å². The van der Waals surface area contributed by atoms with Crippen LogP contribution in [0.4, 0.5) is 4.39 Å². The van der Waals surface area contributed by atoms with Gasteiger partial charge in [0.25, 0.3) is 0 Å². The third-order valence-corrected chi connectivity index (χ3v) is 1.60. The van der Waals surface area contributed by atoms with Gasteiger partial charge in [-0.25, -0.2) is 4.39 Å². The Morgan fingerprint density at radius 1 is 1.54 bits per heavy atom. The number of benzene rings is 1. The van der Waals surface area contributed by atoms with Crippen LogP contribution in [0.25, 0.3) is 0 Å². The maximum Gasteiger partial charge on any atom is 0.306 e. The van der Waals surface area contributed by atoms with Crippen LogP contribution in [0.2, 0.25) is 0 Å². The van der Waals surface area contributed by atoms with Crippen LogP contribution in [0.1, 0.15) is 18.1 Å². The number of carbonyl (C=O) groups is 1. The normalized spacial score (nSPS) is 12.5. The molecule has 0 amide bonds. The summed E-state index contributed by atoms with van der Waals surface area (Å²) in [6.07, 6.45) is -1.56. The molecule has 0 aliphatic carbocycles. The number of carboxylic acid groups (broad SMARTS) is 1. The fourth-order valence-corrected chi connectivity index (χ4v) is 0.997. The van der Waals surface area contributed by atoms with E-state index in [-0.39, 0.29) is 5.56 Å². The van der Waals surface area contributed by atoms with Crippen molar-refractivity contribution >= 4 is 5.97 Å². The topological polar surface area (TPSA) is 57.5 Å². The molecule has 0 radical (unpaired) electrons. The quantitative estimate of drug-likeness (QED) is 0.745. The molecule has 0 aromatic heterocycles. The smallest absolute Gasteiger partial charge is 0.306 e. The Bertz CT molecular complexity index is 311. The molecule has 1 rings (SSSR count). The highest BCUT2D eigenvalue weighted by Gasteiger charge is 2.11. The molecule has 1 aromatic rings. The first-order chi connectivity index (χ1) is 6.09. The highest BCUT2D eigenvalue weighted by molar-refractivity contribution is 5.67. The molecule has 4 heteroatoms. The van der Waals surface area contributed by atoms with Gasteiger partial charge in [0.15, 0.2) is 0 Å². The van der Waals surface area contributed by atoms with Crippen LogP contribution < -0.4 is 0 Å². The summed E-state index contributed by atoms with van der Waals surface area (Å²) in [7, 11) is 0. The van der Waals surface area contributed by atoms with E-state index in [9.17, 15) is 14.3 Å². The summed E-state index contributed by atoms with van der Waals surface area (Å²) in [5.74, 6) is -1.60. The van der Waals surface area contributed by atoms with E-state index in [0.29, 0.717) is 0 Å². The zero-order chi connectivity index (χ0) is 9.84. The van der Waals surface area contributed by atoms with Crippen LogP contribution in [-0.2, 0) is 4.79 Å². The summed E-state index contributed by atoms with van der Waals surface area (Å²) in [5, 5.41) is 17.6. The number of aliphatic hydroxyl groups is 1. The molecule has 0 fully saturated rings. The van der Waals surface area contributed by atoms with E-state index in [2.05, 4.69) is 0 Å². The van der Waals surface area contributed by atoms with Crippen molar-refractivity contribution in [2.75, 3.05) is 0 Å². The number of rotatable bonds is 3. The van der Waals surface area contributed by atoms with Crippen molar-refractivity contribution in [1.29, 1.82) is 0 Å². The first kappa shape index (κ1) is 9.67. The Labute approximate surface area is 74.4 Å². The van der Waals surface area contributed by atoms with Crippen molar-refractivity contribution < 1.29 is 19.4 Å². The lowest BCUT2D eigenvalue weighted by molar-refractivity contribution is -0.139. The molecule has 0 aliphatic heterocycles. The highest BCUT2D eigenvalue weighted by atomic mass is 19.1. The molecule has 1 aromatic carbocycles. The van der Waals surface area contributed by atoms with Crippen molar-refractivity contribution in [3.05, 3.63) is 35.6 Å². The molecule has 0 bridgehead atoms. The van der Waals surface area contributed by atoms with Gasteiger partial charge in [0, 0.05) is 0 Å². The van der Waals surface area contributed by atoms with E-state index in [1.54, 1.807) is 0 Å². The number of hydrogen-bond acceptors (Lipinski definition) is 2. The predicted octanol–water partition coefficient (Wildman–Crippen LogP) is 1.33. The average molecular weight is 184 g/mol. The van der Waals surface area contributed by atoms with Crippen molar-refractivity contribution in [2.45, 2.75) is 12.5 Å². The van der Waals surface area contributed by atoms with E-state index in [0.717, 1.165) is 6.07 Å². The van der Waals surface area contributed by atoms with Gasteiger partial charge >= 0.3 is 5.97 Å². The molecule has 0 saturated carbocycles. The van der Waals surface area contributed by atoms with Crippen LogP contribution >= 0.6 is 0 Å². The molecule has 0 aliphatic rings. The number of halogens is 1. The van der Waals surface area contributed by atoms with E-state index < -0.39 is 24.3 Å². The maximum atomic E-state index is 12.6. The van der Waals surface area contributed by atoms with Crippen LogP contribution in [0.5, 0.6) is 0 Å². The van der Waals surface area contributed by atoms with E-state index >= 15 is 0 Å². The second kappa shape index (κ2) is 4.00. The SMILES string of the molecule is O=C(O)C[C@H](O)c1cccc(F)c1. The van der Waals surface area contributed by atoms with Crippen molar-refractivity contribution in [1.82, 2.24) is 0 Å². The molecule has 1 atom stereocenters. The summed E-state index contributed by atoms with van der Waals surface area (Å²) in [6.45, 7) is 0. The Balaban J connectivity index is 2.76. The van der Waals surface area contributed by atoms with Gasteiger partial charge in [-0.15, -0.1) is 0 Å².